The predicted octanol–water partition coefficient (Wildman–Crippen LogP) is 4.65. The van der Waals surface area contributed by atoms with Gasteiger partial charge < -0.3 is 9.64 Å². The predicted molar refractivity (Wildman–Crippen MR) is 121 cm³/mol. The Morgan fingerprint density at radius 1 is 1.16 bits per heavy atom. The fourth-order valence-electron chi connectivity index (χ4n) is 4.69. The number of carbonyl (C=O) groups is 1. The summed E-state index contributed by atoms with van der Waals surface area (Å²) in [6.07, 6.45) is 7.84. The van der Waals surface area contributed by atoms with E-state index in [1.165, 1.54) is 5.57 Å². The molecule has 1 aromatic heterocycles. The largest absolute Gasteiger partial charge is 0.444 e. The van der Waals surface area contributed by atoms with Crippen molar-refractivity contribution in [3.63, 3.8) is 0 Å². The molecule has 2 aliphatic rings. The SMILES string of the molecule is CC(C)(C)OC(=O)N1CC=C(Cn2cnc(-c3ccccc3)cc2=O)C2(CCCC2)C1. The van der Waals surface area contributed by atoms with Crippen LogP contribution in [0.2, 0.25) is 0 Å². The number of amides is 1. The van der Waals surface area contributed by atoms with E-state index in [1.807, 2.05) is 51.1 Å². The van der Waals surface area contributed by atoms with E-state index in [0.29, 0.717) is 25.3 Å². The zero-order chi connectivity index (χ0) is 22.1. The molecule has 1 aliphatic carbocycles. The van der Waals surface area contributed by atoms with Gasteiger partial charge in [-0.3, -0.25) is 9.36 Å². The molecule has 0 saturated heterocycles. The van der Waals surface area contributed by atoms with Crippen molar-refractivity contribution in [2.75, 3.05) is 13.1 Å². The summed E-state index contributed by atoms with van der Waals surface area (Å²) in [5, 5.41) is 0. The van der Waals surface area contributed by atoms with Crippen molar-refractivity contribution in [2.24, 2.45) is 5.41 Å². The van der Waals surface area contributed by atoms with Gasteiger partial charge in [0.2, 0.25) is 0 Å². The highest BCUT2D eigenvalue weighted by Gasteiger charge is 2.42. The van der Waals surface area contributed by atoms with Crippen LogP contribution in [0.15, 0.2) is 59.2 Å². The molecule has 1 amide bonds. The van der Waals surface area contributed by atoms with Crippen molar-refractivity contribution in [3.05, 3.63) is 64.7 Å². The highest BCUT2D eigenvalue weighted by Crippen LogP contribution is 2.47. The molecule has 2 heterocycles. The zero-order valence-electron chi connectivity index (χ0n) is 18.6. The maximum Gasteiger partial charge on any atom is 0.410 e. The molecule has 164 valence electrons. The Morgan fingerprint density at radius 3 is 2.52 bits per heavy atom. The van der Waals surface area contributed by atoms with Crippen LogP contribution < -0.4 is 5.56 Å². The van der Waals surface area contributed by atoms with Crippen LogP contribution >= 0.6 is 0 Å². The number of nitrogens with zero attached hydrogens (tertiary/aromatic N) is 3. The summed E-state index contributed by atoms with van der Waals surface area (Å²) < 4.78 is 7.28. The minimum absolute atomic E-state index is 0.0579. The van der Waals surface area contributed by atoms with Gasteiger partial charge in [-0.15, -0.1) is 0 Å². The van der Waals surface area contributed by atoms with Crippen LogP contribution in [-0.4, -0.2) is 39.2 Å². The maximum absolute atomic E-state index is 12.8. The van der Waals surface area contributed by atoms with E-state index < -0.39 is 5.60 Å². The number of hydrogen-bond acceptors (Lipinski definition) is 4. The monoisotopic (exact) mass is 421 g/mol. The van der Waals surface area contributed by atoms with E-state index in [9.17, 15) is 9.59 Å². The average molecular weight is 422 g/mol. The van der Waals surface area contributed by atoms with Crippen molar-refractivity contribution < 1.29 is 9.53 Å². The molecular formula is C25H31N3O3. The average Bonchev–Trinajstić information content (AvgIpc) is 3.19. The third kappa shape index (κ3) is 4.73. The van der Waals surface area contributed by atoms with Crippen LogP contribution in [0.4, 0.5) is 4.79 Å². The van der Waals surface area contributed by atoms with Crippen molar-refractivity contribution >= 4 is 6.09 Å². The molecule has 0 N–H and O–H groups in total. The molecule has 1 saturated carbocycles. The second-order valence-corrected chi connectivity index (χ2v) is 9.68. The Hall–Kier alpha value is -2.89. The minimum Gasteiger partial charge on any atom is -0.444 e. The number of hydrogen-bond donors (Lipinski definition) is 0. The first-order valence-corrected chi connectivity index (χ1v) is 11.1. The Kier molecular flexibility index (Phi) is 5.73. The topological polar surface area (TPSA) is 64.4 Å². The molecule has 6 heteroatoms. The molecule has 0 atom stereocenters. The van der Waals surface area contributed by atoms with Crippen LogP contribution in [0.25, 0.3) is 11.3 Å². The van der Waals surface area contributed by atoms with E-state index in [0.717, 1.165) is 31.2 Å². The molecule has 1 spiro atoms. The Balaban J connectivity index is 1.56. The first kappa shape index (κ1) is 21.3. The van der Waals surface area contributed by atoms with Crippen LogP contribution in [0.3, 0.4) is 0 Å². The van der Waals surface area contributed by atoms with E-state index in [-0.39, 0.29) is 17.1 Å². The summed E-state index contributed by atoms with van der Waals surface area (Å²) in [5.74, 6) is 0. The van der Waals surface area contributed by atoms with Gasteiger partial charge in [0.1, 0.15) is 5.60 Å². The first-order valence-electron chi connectivity index (χ1n) is 11.1. The van der Waals surface area contributed by atoms with Gasteiger partial charge in [-0.25, -0.2) is 9.78 Å². The highest BCUT2D eigenvalue weighted by atomic mass is 16.6. The number of rotatable bonds is 3. The molecule has 4 rings (SSSR count). The lowest BCUT2D eigenvalue weighted by atomic mass is 9.75. The van der Waals surface area contributed by atoms with Gasteiger partial charge in [0.15, 0.2) is 0 Å². The number of aromatic nitrogens is 2. The molecule has 0 bridgehead atoms. The second kappa shape index (κ2) is 8.33. The smallest absolute Gasteiger partial charge is 0.410 e. The normalized spacial score (nSPS) is 18.2. The maximum atomic E-state index is 12.8. The minimum atomic E-state index is -0.511. The van der Waals surface area contributed by atoms with E-state index in [1.54, 1.807) is 21.9 Å². The van der Waals surface area contributed by atoms with Gasteiger partial charge in [0, 0.05) is 36.7 Å². The van der Waals surface area contributed by atoms with Crippen molar-refractivity contribution in [1.82, 2.24) is 14.5 Å². The van der Waals surface area contributed by atoms with Crippen molar-refractivity contribution in [2.45, 2.75) is 58.6 Å². The fraction of sp³-hybridized carbons (Fsp3) is 0.480. The quantitative estimate of drug-likeness (QED) is 0.677. The van der Waals surface area contributed by atoms with Crippen molar-refractivity contribution in [1.29, 1.82) is 0 Å². The number of ether oxygens (including phenoxy) is 1. The van der Waals surface area contributed by atoms with Gasteiger partial charge in [0.05, 0.1) is 12.0 Å². The zero-order valence-corrected chi connectivity index (χ0v) is 18.6. The molecule has 0 unspecified atom stereocenters. The van der Waals surface area contributed by atoms with E-state index in [4.69, 9.17) is 4.74 Å². The third-order valence-corrected chi connectivity index (χ3v) is 6.23. The fourth-order valence-corrected chi connectivity index (χ4v) is 4.69. The van der Waals surface area contributed by atoms with E-state index in [2.05, 4.69) is 11.1 Å². The molecular weight excluding hydrogens is 390 g/mol. The Bertz CT molecular complexity index is 1030. The molecule has 31 heavy (non-hydrogen) atoms. The van der Waals surface area contributed by atoms with Crippen LogP contribution in [0.5, 0.6) is 0 Å². The highest BCUT2D eigenvalue weighted by molar-refractivity contribution is 5.69. The third-order valence-electron chi connectivity index (χ3n) is 6.23. The molecule has 2 aromatic rings. The summed E-state index contributed by atoms with van der Waals surface area (Å²) in [6.45, 7) is 7.34. The molecule has 6 nitrogen and oxygen atoms in total. The second-order valence-electron chi connectivity index (χ2n) is 9.68. The lowest BCUT2D eigenvalue weighted by Gasteiger charge is -2.41. The van der Waals surface area contributed by atoms with Gasteiger partial charge in [-0.1, -0.05) is 49.2 Å². The Labute approximate surface area is 183 Å². The first-order chi connectivity index (χ1) is 14.8. The summed E-state index contributed by atoms with van der Waals surface area (Å²) in [5.41, 5.74) is 2.21. The summed E-state index contributed by atoms with van der Waals surface area (Å²) in [6, 6.07) is 11.3. The van der Waals surface area contributed by atoms with Crippen LogP contribution in [0, 0.1) is 5.41 Å². The molecule has 1 aromatic carbocycles. The van der Waals surface area contributed by atoms with E-state index >= 15 is 0 Å². The number of carbonyl (C=O) groups excluding carboxylic acids is 1. The van der Waals surface area contributed by atoms with Crippen LogP contribution in [-0.2, 0) is 11.3 Å². The molecule has 0 radical (unpaired) electrons. The molecule has 1 fully saturated rings. The summed E-state index contributed by atoms with van der Waals surface area (Å²) in [4.78, 5) is 31.8. The number of benzene rings is 1. The lowest BCUT2D eigenvalue weighted by Crippen LogP contribution is -2.47. The summed E-state index contributed by atoms with van der Waals surface area (Å²) >= 11 is 0. The van der Waals surface area contributed by atoms with Gasteiger partial charge in [0.25, 0.3) is 5.56 Å². The van der Waals surface area contributed by atoms with Crippen LogP contribution in [0.1, 0.15) is 46.5 Å². The van der Waals surface area contributed by atoms with Gasteiger partial charge >= 0.3 is 6.09 Å². The van der Waals surface area contributed by atoms with Crippen molar-refractivity contribution in [3.8, 4) is 11.3 Å². The molecule has 1 aliphatic heterocycles. The standard InChI is InChI=1S/C25H31N3O3/c1-24(2,3)31-23(30)27-14-11-20(25(17-27)12-7-8-13-25)16-28-18-26-21(15-22(28)29)19-9-5-4-6-10-19/h4-6,9-11,15,18H,7-8,12-14,16-17H2,1-3H3. The van der Waals surface area contributed by atoms with Gasteiger partial charge in [-0.05, 0) is 39.2 Å². The van der Waals surface area contributed by atoms with Gasteiger partial charge in [-0.2, -0.15) is 0 Å². The summed E-state index contributed by atoms with van der Waals surface area (Å²) in [7, 11) is 0. The Morgan fingerprint density at radius 2 is 1.87 bits per heavy atom. The lowest BCUT2D eigenvalue weighted by molar-refractivity contribution is 0.0183.